The molecule has 3 aromatic rings. The minimum atomic E-state index is 0.201. The van der Waals surface area contributed by atoms with Crippen LogP contribution in [0.1, 0.15) is 5.56 Å². The van der Waals surface area contributed by atoms with Crippen LogP contribution in [-0.2, 0) is 6.54 Å². The number of fused-ring (bicyclic) bond motifs is 1. The first-order chi connectivity index (χ1) is 10.1. The molecule has 5 nitrogen and oxygen atoms in total. The summed E-state index contributed by atoms with van der Waals surface area (Å²) in [5.74, 6) is 0.697. The molecule has 2 aromatic heterocycles. The molecule has 7 heteroatoms. The summed E-state index contributed by atoms with van der Waals surface area (Å²) in [5, 5.41) is 0.916. The second kappa shape index (κ2) is 5.50. The van der Waals surface area contributed by atoms with Gasteiger partial charge in [0.15, 0.2) is 17.0 Å². The van der Waals surface area contributed by atoms with Crippen LogP contribution in [0.3, 0.4) is 0 Å². The number of halogens is 2. The van der Waals surface area contributed by atoms with Crippen LogP contribution in [0.4, 0.5) is 5.82 Å². The lowest BCUT2D eigenvalue weighted by atomic mass is 10.2. The number of anilines is 1. The number of aromatic nitrogens is 4. The van der Waals surface area contributed by atoms with Gasteiger partial charge in [0.2, 0.25) is 5.28 Å². The van der Waals surface area contributed by atoms with E-state index in [1.807, 2.05) is 47.8 Å². The molecule has 0 saturated heterocycles. The van der Waals surface area contributed by atoms with E-state index in [1.165, 1.54) is 0 Å². The first-order valence-corrected chi connectivity index (χ1v) is 7.11. The fourth-order valence-corrected chi connectivity index (χ4v) is 2.50. The van der Waals surface area contributed by atoms with Crippen molar-refractivity contribution in [1.29, 1.82) is 0 Å². The van der Waals surface area contributed by atoms with E-state index in [0.29, 0.717) is 23.0 Å². The predicted molar refractivity (Wildman–Crippen MR) is 85.2 cm³/mol. The fraction of sp³-hybridized carbons (Fsp3) is 0.214. The average Bonchev–Trinajstić information content (AvgIpc) is 2.83. The minimum Gasteiger partial charge on any atom is -0.361 e. The van der Waals surface area contributed by atoms with Gasteiger partial charge in [-0.25, -0.2) is 4.98 Å². The van der Waals surface area contributed by atoms with Crippen molar-refractivity contribution in [1.82, 2.24) is 19.5 Å². The molecule has 1 aromatic carbocycles. The van der Waals surface area contributed by atoms with Crippen molar-refractivity contribution >= 4 is 40.2 Å². The quantitative estimate of drug-likeness (QED) is 0.695. The third-order valence-electron chi connectivity index (χ3n) is 3.14. The van der Waals surface area contributed by atoms with Crippen LogP contribution >= 0.6 is 23.2 Å². The molecule has 0 amide bonds. The summed E-state index contributed by atoms with van der Waals surface area (Å²) in [7, 11) is 3.79. The molecule has 3 rings (SSSR count). The summed E-state index contributed by atoms with van der Waals surface area (Å²) in [6.45, 7) is 0.580. The van der Waals surface area contributed by atoms with Gasteiger partial charge in [-0.1, -0.05) is 29.8 Å². The number of hydrogen-bond donors (Lipinski definition) is 0. The van der Waals surface area contributed by atoms with Crippen molar-refractivity contribution in [3.63, 3.8) is 0 Å². The van der Waals surface area contributed by atoms with Crippen molar-refractivity contribution in [2.24, 2.45) is 0 Å². The Morgan fingerprint density at radius 1 is 1.14 bits per heavy atom. The molecule has 0 atom stereocenters. The Hall–Kier alpha value is -1.85. The molecule has 2 heterocycles. The van der Waals surface area contributed by atoms with Crippen LogP contribution < -0.4 is 4.90 Å². The largest absolute Gasteiger partial charge is 0.361 e. The molecule has 0 aliphatic rings. The summed E-state index contributed by atoms with van der Waals surface area (Å²) >= 11 is 12.2. The van der Waals surface area contributed by atoms with Gasteiger partial charge < -0.3 is 9.47 Å². The monoisotopic (exact) mass is 321 g/mol. The number of hydrogen-bond acceptors (Lipinski definition) is 4. The van der Waals surface area contributed by atoms with E-state index in [1.54, 1.807) is 6.33 Å². The summed E-state index contributed by atoms with van der Waals surface area (Å²) in [6, 6.07) is 7.70. The highest BCUT2D eigenvalue weighted by Gasteiger charge is 2.14. The molecule has 21 heavy (non-hydrogen) atoms. The highest BCUT2D eigenvalue weighted by Crippen LogP contribution is 2.24. The van der Waals surface area contributed by atoms with E-state index in [4.69, 9.17) is 23.2 Å². The average molecular weight is 322 g/mol. The van der Waals surface area contributed by atoms with Gasteiger partial charge >= 0.3 is 0 Å². The summed E-state index contributed by atoms with van der Waals surface area (Å²) in [4.78, 5) is 14.8. The maximum Gasteiger partial charge on any atom is 0.226 e. The first kappa shape index (κ1) is 14.1. The lowest BCUT2D eigenvalue weighted by Crippen LogP contribution is -2.12. The molecule has 0 N–H and O–H groups in total. The number of imidazole rings is 1. The number of nitrogens with zero attached hydrogens (tertiary/aromatic N) is 5. The first-order valence-electron chi connectivity index (χ1n) is 6.35. The van der Waals surface area contributed by atoms with Crippen molar-refractivity contribution in [3.8, 4) is 0 Å². The van der Waals surface area contributed by atoms with Gasteiger partial charge in [-0.3, -0.25) is 0 Å². The van der Waals surface area contributed by atoms with Crippen LogP contribution in [0.2, 0.25) is 10.3 Å². The second-order valence-corrected chi connectivity index (χ2v) is 5.59. The summed E-state index contributed by atoms with van der Waals surface area (Å²) in [5.41, 5.74) is 2.41. The molecule has 0 spiro atoms. The smallest absolute Gasteiger partial charge is 0.226 e. The third kappa shape index (κ3) is 2.66. The molecule has 0 fully saturated rings. The Balaban J connectivity index is 2.10. The molecule has 0 aliphatic carbocycles. The standard InChI is InChI=1S/C14H13Cl2N5/c1-20(2)12-11-13(19-14(16)18-12)21(8-17-11)7-9-5-3-4-6-10(9)15/h3-6,8H,7H2,1-2H3. The Labute approximate surface area is 132 Å². The highest BCUT2D eigenvalue weighted by molar-refractivity contribution is 6.31. The lowest BCUT2D eigenvalue weighted by Gasteiger charge is -2.12. The van der Waals surface area contributed by atoms with Crippen LogP contribution in [0, 0.1) is 0 Å². The SMILES string of the molecule is CN(C)c1nc(Cl)nc2c1ncn2Cc1ccccc1Cl. The van der Waals surface area contributed by atoms with Gasteiger partial charge in [-0.15, -0.1) is 0 Å². The zero-order valence-corrected chi connectivity index (χ0v) is 13.1. The van der Waals surface area contributed by atoms with E-state index < -0.39 is 0 Å². The van der Waals surface area contributed by atoms with Gasteiger partial charge in [-0.05, 0) is 23.2 Å². The van der Waals surface area contributed by atoms with Crippen LogP contribution in [0.5, 0.6) is 0 Å². The van der Waals surface area contributed by atoms with Gasteiger partial charge in [-0.2, -0.15) is 9.97 Å². The molecule has 0 unspecified atom stereocenters. The zero-order valence-electron chi connectivity index (χ0n) is 11.6. The minimum absolute atomic E-state index is 0.201. The molecular weight excluding hydrogens is 309 g/mol. The van der Waals surface area contributed by atoms with E-state index in [-0.39, 0.29) is 5.28 Å². The number of benzene rings is 1. The van der Waals surface area contributed by atoms with Crippen molar-refractivity contribution in [3.05, 3.63) is 46.5 Å². The van der Waals surface area contributed by atoms with Crippen molar-refractivity contribution < 1.29 is 0 Å². The topological polar surface area (TPSA) is 46.8 Å². The second-order valence-electron chi connectivity index (χ2n) is 4.85. The van der Waals surface area contributed by atoms with Crippen LogP contribution in [-0.4, -0.2) is 33.6 Å². The summed E-state index contributed by atoms with van der Waals surface area (Å²) in [6.07, 6.45) is 1.73. The van der Waals surface area contributed by atoms with Gasteiger partial charge in [0.05, 0.1) is 12.9 Å². The van der Waals surface area contributed by atoms with E-state index in [9.17, 15) is 0 Å². The summed E-state index contributed by atoms with van der Waals surface area (Å²) < 4.78 is 1.91. The Morgan fingerprint density at radius 2 is 1.90 bits per heavy atom. The van der Waals surface area contributed by atoms with E-state index in [0.717, 1.165) is 11.1 Å². The van der Waals surface area contributed by atoms with E-state index >= 15 is 0 Å². The fourth-order valence-electron chi connectivity index (χ4n) is 2.14. The predicted octanol–water partition coefficient (Wildman–Crippen LogP) is 3.25. The molecule has 0 saturated carbocycles. The molecule has 108 valence electrons. The van der Waals surface area contributed by atoms with Crippen molar-refractivity contribution in [2.75, 3.05) is 19.0 Å². The van der Waals surface area contributed by atoms with E-state index in [2.05, 4.69) is 15.0 Å². The molecule has 0 aliphatic heterocycles. The number of rotatable bonds is 3. The maximum atomic E-state index is 6.20. The zero-order chi connectivity index (χ0) is 15.0. The molecule has 0 bridgehead atoms. The van der Waals surface area contributed by atoms with Crippen LogP contribution in [0.15, 0.2) is 30.6 Å². The van der Waals surface area contributed by atoms with Crippen LogP contribution in [0.25, 0.3) is 11.2 Å². The van der Waals surface area contributed by atoms with Gasteiger partial charge in [0.25, 0.3) is 0 Å². The lowest BCUT2D eigenvalue weighted by molar-refractivity contribution is 0.813. The normalized spacial score (nSPS) is 11.0. The highest BCUT2D eigenvalue weighted by atomic mass is 35.5. The van der Waals surface area contributed by atoms with Gasteiger partial charge in [0, 0.05) is 19.1 Å². The molecule has 0 radical (unpaired) electrons. The van der Waals surface area contributed by atoms with Gasteiger partial charge in [0.1, 0.15) is 0 Å². The Morgan fingerprint density at radius 3 is 2.62 bits per heavy atom. The Bertz CT molecular complexity index is 797. The Kier molecular flexibility index (Phi) is 3.69. The maximum absolute atomic E-state index is 6.20. The third-order valence-corrected chi connectivity index (χ3v) is 3.68. The van der Waals surface area contributed by atoms with Crippen molar-refractivity contribution in [2.45, 2.75) is 6.54 Å². The molecular formula is C14H13Cl2N5.